The Hall–Kier alpha value is -0.480. The van der Waals surface area contributed by atoms with Crippen LogP contribution in [0, 0.1) is 5.41 Å². The molecule has 1 saturated carbocycles. The van der Waals surface area contributed by atoms with E-state index in [0.29, 0.717) is 27.3 Å². The number of carbonyl (C=O) groups is 1. The molecular formula is C14H17Cl3N2O. The largest absolute Gasteiger partial charge is 0.329 e. The number of amides is 1. The zero-order chi connectivity index (χ0) is 14.8. The third kappa shape index (κ3) is 3.22. The molecule has 1 aromatic rings. The maximum Gasteiger partial charge on any atom is 0.231 e. The maximum atomic E-state index is 12.5. The summed E-state index contributed by atoms with van der Waals surface area (Å²) < 4.78 is 0. The molecule has 110 valence electrons. The minimum atomic E-state index is -0.492. The number of rotatable bonds is 3. The molecule has 0 aromatic heterocycles. The highest BCUT2D eigenvalue weighted by atomic mass is 35.5. The number of nitrogens with one attached hydrogen (secondary N) is 1. The van der Waals surface area contributed by atoms with E-state index in [0.717, 1.165) is 32.1 Å². The summed E-state index contributed by atoms with van der Waals surface area (Å²) in [6.45, 7) is 0.345. The molecule has 3 nitrogen and oxygen atoms in total. The molecule has 0 atom stereocenters. The lowest BCUT2D eigenvalue weighted by Crippen LogP contribution is -2.43. The number of halogens is 3. The van der Waals surface area contributed by atoms with Crippen molar-refractivity contribution in [2.45, 2.75) is 32.1 Å². The van der Waals surface area contributed by atoms with E-state index in [2.05, 4.69) is 5.32 Å². The topological polar surface area (TPSA) is 55.1 Å². The number of carbonyl (C=O) groups excluding carboxylic acids is 1. The minimum Gasteiger partial charge on any atom is -0.329 e. The zero-order valence-corrected chi connectivity index (χ0v) is 13.3. The Kier molecular flexibility index (Phi) is 5.19. The highest BCUT2D eigenvalue weighted by molar-refractivity contribution is 6.44. The summed E-state index contributed by atoms with van der Waals surface area (Å²) in [5.74, 6) is -0.0833. The van der Waals surface area contributed by atoms with E-state index in [1.807, 2.05) is 0 Å². The van der Waals surface area contributed by atoms with Crippen LogP contribution >= 0.6 is 34.8 Å². The fourth-order valence-electron chi connectivity index (χ4n) is 2.63. The first kappa shape index (κ1) is 15.9. The molecule has 0 saturated heterocycles. The third-order valence-electron chi connectivity index (χ3n) is 3.94. The second kappa shape index (κ2) is 6.52. The molecule has 0 spiro atoms. The van der Waals surface area contributed by atoms with Crippen LogP contribution in [0.2, 0.25) is 15.1 Å². The van der Waals surface area contributed by atoms with Gasteiger partial charge >= 0.3 is 0 Å². The van der Waals surface area contributed by atoms with Crippen LogP contribution in [-0.2, 0) is 4.79 Å². The van der Waals surface area contributed by atoms with Crippen LogP contribution in [-0.4, -0.2) is 12.5 Å². The Labute approximate surface area is 133 Å². The number of nitrogens with two attached hydrogens (primary N) is 1. The van der Waals surface area contributed by atoms with E-state index in [1.165, 1.54) is 6.07 Å². The lowest BCUT2D eigenvalue weighted by atomic mass is 9.73. The second-order valence-corrected chi connectivity index (χ2v) is 6.47. The molecule has 0 heterocycles. The van der Waals surface area contributed by atoms with E-state index in [9.17, 15) is 4.79 Å². The van der Waals surface area contributed by atoms with Gasteiger partial charge in [0, 0.05) is 6.54 Å². The van der Waals surface area contributed by atoms with Crippen molar-refractivity contribution in [3.8, 4) is 0 Å². The Bertz CT molecular complexity index is 513. The third-order valence-corrected chi connectivity index (χ3v) is 4.98. The molecule has 1 aliphatic rings. The van der Waals surface area contributed by atoms with Crippen LogP contribution in [0.4, 0.5) is 5.69 Å². The van der Waals surface area contributed by atoms with Gasteiger partial charge < -0.3 is 11.1 Å². The Morgan fingerprint density at radius 1 is 1.10 bits per heavy atom. The van der Waals surface area contributed by atoms with Gasteiger partial charge in [0.2, 0.25) is 5.91 Å². The lowest BCUT2D eigenvalue weighted by Gasteiger charge is -2.34. The van der Waals surface area contributed by atoms with Crippen LogP contribution in [0.25, 0.3) is 0 Å². The molecule has 1 aliphatic carbocycles. The molecule has 3 N–H and O–H groups in total. The fourth-order valence-corrected chi connectivity index (χ4v) is 3.22. The van der Waals surface area contributed by atoms with Gasteiger partial charge in [-0.3, -0.25) is 4.79 Å². The normalized spacial score (nSPS) is 17.8. The number of hydrogen-bond acceptors (Lipinski definition) is 2. The van der Waals surface area contributed by atoms with Gasteiger partial charge in [-0.25, -0.2) is 0 Å². The molecule has 1 aromatic carbocycles. The van der Waals surface area contributed by atoms with E-state index in [-0.39, 0.29) is 5.91 Å². The van der Waals surface area contributed by atoms with Crippen molar-refractivity contribution in [3.63, 3.8) is 0 Å². The summed E-state index contributed by atoms with van der Waals surface area (Å²) in [5, 5.41) is 3.94. The van der Waals surface area contributed by atoms with Crippen molar-refractivity contribution in [1.29, 1.82) is 0 Å². The summed E-state index contributed by atoms with van der Waals surface area (Å²) in [6.07, 6.45) is 4.84. The Morgan fingerprint density at radius 3 is 2.30 bits per heavy atom. The molecule has 0 unspecified atom stereocenters. The smallest absolute Gasteiger partial charge is 0.231 e. The molecular weight excluding hydrogens is 319 g/mol. The number of hydrogen-bond donors (Lipinski definition) is 2. The number of benzene rings is 1. The SMILES string of the molecule is NCC1(C(=O)Nc2cc(Cl)c(Cl)cc2Cl)CCCCC1. The van der Waals surface area contributed by atoms with Crippen LogP contribution in [0.15, 0.2) is 12.1 Å². The predicted octanol–water partition coefficient (Wildman–Crippen LogP) is 4.49. The average molecular weight is 336 g/mol. The van der Waals surface area contributed by atoms with Crippen LogP contribution in [0.5, 0.6) is 0 Å². The standard InChI is InChI=1S/C14H17Cl3N2O/c15-9-6-11(17)12(7-10(9)16)19-13(20)14(8-18)4-2-1-3-5-14/h6-7H,1-5,8,18H2,(H,19,20). The number of anilines is 1. The molecule has 1 fully saturated rings. The quantitative estimate of drug-likeness (QED) is 0.799. The molecule has 6 heteroatoms. The van der Waals surface area contributed by atoms with Gasteiger partial charge in [0.25, 0.3) is 0 Å². The summed E-state index contributed by atoms with van der Waals surface area (Å²) in [6, 6.07) is 3.09. The van der Waals surface area contributed by atoms with Crippen molar-refractivity contribution in [3.05, 3.63) is 27.2 Å². The minimum absolute atomic E-state index is 0.0833. The van der Waals surface area contributed by atoms with Gasteiger partial charge in [0.1, 0.15) is 0 Å². The second-order valence-electron chi connectivity index (χ2n) is 5.25. The van der Waals surface area contributed by atoms with Gasteiger partial charge in [-0.1, -0.05) is 54.1 Å². The molecule has 1 amide bonds. The van der Waals surface area contributed by atoms with Crippen molar-refractivity contribution >= 4 is 46.4 Å². The molecule has 0 radical (unpaired) electrons. The van der Waals surface area contributed by atoms with Gasteiger partial charge in [-0.2, -0.15) is 0 Å². The van der Waals surface area contributed by atoms with Gasteiger partial charge in [0.05, 0.1) is 26.2 Å². The van der Waals surface area contributed by atoms with E-state index < -0.39 is 5.41 Å². The van der Waals surface area contributed by atoms with Crippen molar-refractivity contribution in [1.82, 2.24) is 0 Å². The zero-order valence-electron chi connectivity index (χ0n) is 11.0. The average Bonchev–Trinajstić information content (AvgIpc) is 2.45. The molecule has 0 aliphatic heterocycles. The highest BCUT2D eigenvalue weighted by Crippen LogP contribution is 2.38. The molecule has 20 heavy (non-hydrogen) atoms. The van der Waals surface area contributed by atoms with Crippen LogP contribution in [0.1, 0.15) is 32.1 Å². The fraction of sp³-hybridized carbons (Fsp3) is 0.500. The first-order valence-corrected chi connectivity index (χ1v) is 7.78. The monoisotopic (exact) mass is 334 g/mol. The summed E-state index contributed by atoms with van der Waals surface area (Å²) in [5.41, 5.74) is 5.83. The van der Waals surface area contributed by atoms with Crippen LogP contribution < -0.4 is 11.1 Å². The lowest BCUT2D eigenvalue weighted by molar-refractivity contribution is -0.126. The van der Waals surface area contributed by atoms with Crippen molar-refractivity contribution < 1.29 is 4.79 Å². The Morgan fingerprint density at radius 2 is 1.70 bits per heavy atom. The summed E-state index contributed by atoms with van der Waals surface area (Å²) in [4.78, 5) is 12.5. The van der Waals surface area contributed by atoms with Crippen molar-refractivity contribution in [2.75, 3.05) is 11.9 Å². The van der Waals surface area contributed by atoms with Gasteiger partial charge in [-0.05, 0) is 25.0 Å². The van der Waals surface area contributed by atoms with Crippen molar-refractivity contribution in [2.24, 2.45) is 11.1 Å². The van der Waals surface area contributed by atoms with Gasteiger partial charge in [0.15, 0.2) is 0 Å². The van der Waals surface area contributed by atoms with Gasteiger partial charge in [-0.15, -0.1) is 0 Å². The van der Waals surface area contributed by atoms with E-state index in [4.69, 9.17) is 40.5 Å². The Balaban J connectivity index is 2.20. The predicted molar refractivity (Wildman–Crippen MR) is 84.7 cm³/mol. The summed E-state index contributed by atoms with van der Waals surface area (Å²) in [7, 11) is 0. The maximum absolute atomic E-state index is 12.5. The summed E-state index contributed by atoms with van der Waals surface area (Å²) >= 11 is 17.9. The van der Waals surface area contributed by atoms with E-state index >= 15 is 0 Å². The highest BCUT2D eigenvalue weighted by Gasteiger charge is 2.38. The first-order chi connectivity index (χ1) is 9.48. The molecule has 0 bridgehead atoms. The van der Waals surface area contributed by atoms with E-state index in [1.54, 1.807) is 6.07 Å². The first-order valence-electron chi connectivity index (χ1n) is 6.64. The molecule has 2 rings (SSSR count). The van der Waals surface area contributed by atoms with Crippen LogP contribution in [0.3, 0.4) is 0 Å².